The molecule has 0 aliphatic carbocycles. The first-order valence-electron chi connectivity index (χ1n) is 4.68. The highest BCUT2D eigenvalue weighted by atomic mass is 35.5. The van der Waals surface area contributed by atoms with Gasteiger partial charge in [0.15, 0.2) is 0 Å². The van der Waals surface area contributed by atoms with Gasteiger partial charge >= 0.3 is 0 Å². The van der Waals surface area contributed by atoms with Crippen LogP contribution >= 0.6 is 23.2 Å². The zero-order valence-corrected chi connectivity index (χ0v) is 9.28. The van der Waals surface area contributed by atoms with E-state index in [0.29, 0.717) is 15.7 Å². The molecule has 0 unspecified atom stereocenters. The van der Waals surface area contributed by atoms with Crippen molar-refractivity contribution < 1.29 is 0 Å². The molecular formula is C10H12Cl2N2. The molecule has 2 nitrogen and oxygen atoms in total. The summed E-state index contributed by atoms with van der Waals surface area (Å²) in [5.74, 6) is 0. The van der Waals surface area contributed by atoms with Crippen molar-refractivity contribution in [2.24, 2.45) is 0 Å². The van der Waals surface area contributed by atoms with Crippen LogP contribution in [0.15, 0.2) is 12.1 Å². The highest BCUT2D eigenvalue weighted by molar-refractivity contribution is 6.37. The normalized spacial score (nSPS) is 16.3. The highest BCUT2D eigenvalue weighted by Crippen LogP contribution is 2.34. The average molecular weight is 231 g/mol. The van der Waals surface area contributed by atoms with Crippen molar-refractivity contribution in [1.82, 2.24) is 0 Å². The Bertz CT molecular complexity index is 346. The van der Waals surface area contributed by atoms with Gasteiger partial charge in [-0.05, 0) is 25.0 Å². The lowest BCUT2D eigenvalue weighted by Gasteiger charge is -2.19. The molecule has 1 aromatic rings. The molecule has 1 aliphatic rings. The molecule has 76 valence electrons. The molecule has 0 aromatic heterocycles. The Kier molecular flexibility index (Phi) is 2.75. The maximum Gasteiger partial charge on any atom is 0.0661 e. The first kappa shape index (κ1) is 9.94. The Morgan fingerprint density at radius 1 is 1.07 bits per heavy atom. The molecule has 0 saturated carbocycles. The number of nitrogens with two attached hydrogens (primary N) is 1. The van der Waals surface area contributed by atoms with E-state index in [-0.39, 0.29) is 0 Å². The van der Waals surface area contributed by atoms with E-state index >= 15 is 0 Å². The van der Waals surface area contributed by atoms with Crippen LogP contribution in [0.3, 0.4) is 0 Å². The SMILES string of the molecule is Nc1cc(Cl)c(N2CCCC2)cc1Cl. The summed E-state index contributed by atoms with van der Waals surface area (Å²) in [5, 5.41) is 1.27. The third-order valence-electron chi connectivity index (χ3n) is 2.51. The highest BCUT2D eigenvalue weighted by Gasteiger charge is 2.16. The van der Waals surface area contributed by atoms with E-state index in [4.69, 9.17) is 28.9 Å². The topological polar surface area (TPSA) is 29.3 Å². The Labute approximate surface area is 93.6 Å². The minimum atomic E-state index is 0.541. The fourth-order valence-corrected chi connectivity index (χ4v) is 2.20. The smallest absolute Gasteiger partial charge is 0.0661 e. The Balaban J connectivity index is 2.37. The second-order valence-corrected chi connectivity index (χ2v) is 4.33. The summed E-state index contributed by atoms with van der Waals surface area (Å²) in [6.07, 6.45) is 2.44. The molecule has 0 amide bonds. The van der Waals surface area contributed by atoms with Gasteiger partial charge in [0.1, 0.15) is 0 Å². The molecule has 14 heavy (non-hydrogen) atoms. The lowest BCUT2D eigenvalue weighted by molar-refractivity contribution is 0.949. The van der Waals surface area contributed by atoms with E-state index in [1.54, 1.807) is 6.07 Å². The molecule has 2 N–H and O–H groups in total. The zero-order valence-electron chi connectivity index (χ0n) is 7.76. The fourth-order valence-electron chi connectivity index (χ4n) is 1.75. The average Bonchev–Trinajstić information content (AvgIpc) is 2.64. The third kappa shape index (κ3) is 1.77. The quantitative estimate of drug-likeness (QED) is 0.752. The second kappa shape index (κ2) is 3.87. The van der Waals surface area contributed by atoms with Crippen molar-refractivity contribution in [2.45, 2.75) is 12.8 Å². The van der Waals surface area contributed by atoms with Crippen molar-refractivity contribution in [2.75, 3.05) is 23.7 Å². The van der Waals surface area contributed by atoms with Crippen molar-refractivity contribution in [3.8, 4) is 0 Å². The van der Waals surface area contributed by atoms with Gasteiger partial charge < -0.3 is 10.6 Å². The van der Waals surface area contributed by atoms with Crippen LogP contribution in [0.1, 0.15) is 12.8 Å². The van der Waals surface area contributed by atoms with Crippen molar-refractivity contribution >= 4 is 34.6 Å². The molecule has 0 atom stereocenters. The van der Waals surface area contributed by atoms with Gasteiger partial charge in [0.2, 0.25) is 0 Å². The number of hydrogen-bond donors (Lipinski definition) is 1. The number of nitrogens with zero attached hydrogens (tertiary/aromatic N) is 1. The minimum Gasteiger partial charge on any atom is -0.397 e. The predicted molar refractivity (Wildman–Crippen MR) is 62.3 cm³/mol. The first-order valence-corrected chi connectivity index (χ1v) is 5.43. The summed E-state index contributed by atoms with van der Waals surface area (Å²) < 4.78 is 0. The van der Waals surface area contributed by atoms with Gasteiger partial charge in [-0.15, -0.1) is 0 Å². The molecule has 0 radical (unpaired) electrons. The minimum absolute atomic E-state index is 0.541. The Morgan fingerprint density at radius 2 is 1.71 bits per heavy atom. The predicted octanol–water partition coefficient (Wildman–Crippen LogP) is 3.18. The summed E-state index contributed by atoms with van der Waals surface area (Å²) >= 11 is 12.1. The summed E-state index contributed by atoms with van der Waals surface area (Å²) in [4.78, 5) is 2.24. The molecule has 2 rings (SSSR count). The van der Waals surface area contributed by atoms with Crippen LogP contribution in [0.4, 0.5) is 11.4 Å². The lowest BCUT2D eigenvalue weighted by Crippen LogP contribution is -2.18. The van der Waals surface area contributed by atoms with Crippen LogP contribution in [0.2, 0.25) is 10.0 Å². The number of nitrogen functional groups attached to an aromatic ring is 1. The molecule has 0 bridgehead atoms. The van der Waals surface area contributed by atoms with Gasteiger partial charge in [-0.25, -0.2) is 0 Å². The zero-order chi connectivity index (χ0) is 10.1. The van der Waals surface area contributed by atoms with Gasteiger partial charge in [0, 0.05) is 13.1 Å². The van der Waals surface area contributed by atoms with Crippen LogP contribution in [0, 0.1) is 0 Å². The van der Waals surface area contributed by atoms with E-state index in [1.165, 1.54) is 12.8 Å². The maximum atomic E-state index is 6.10. The number of hydrogen-bond acceptors (Lipinski definition) is 2. The van der Waals surface area contributed by atoms with Gasteiger partial charge in [-0.3, -0.25) is 0 Å². The van der Waals surface area contributed by atoms with E-state index in [9.17, 15) is 0 Å². The second-order valence-electron chi connectivity index (χ2n) is 3.52. The van der Waals surface area contributed by atoms with Gasteiger partial charge in [0.25, 0.3) is 0 Å². The van der Waals surface area contributed by atoms with E-state index < -0.39 is 0 Å². The number of rotatable bonds is 1. The number of halogens is 2. The molecule has 1 fully saturated rings. The third-order valence-corrected chi connectivity index (χ3v) is 3.14. The van der Waals surface area contributed by atoms with Gasteiger partial charge in [-0.1, -0.05) is 23.2 Å². The van der Waals surface area contributed by atoms with E-state index in [0.717, 1.165) is 18.8 Å². The maximum absolute atomic E-state index is 6.10. The summed E-state index contributed by atoms with van der Waals surface area (Å²) in [7, 11) is 0. The summed E-state index contributed by atoms with van der Waals surface area (Å²) in [5.41, 5.74) is 7.20. The molecule has 1 saturated heterocycles. The number of anilines is 2. The number of benzene rings is 1. The largest absolute Gasteiger partial charge is 0.397 e. The molecular weight excluding hydrogens is 219 g/mol. The van der Waals surface area contributed by atoms with Crippen LogP contribution in [-0.4, -0.2) is 13.1 Å². The van der Waals surface area contributed by atoms with Gasteiger partial charge in [0.05, 0.1) is 21.4 Å². The van der Waals surface area contributed by atoms with Crippen LogP contribution < -0.4 is 10.6 Å². The molecule has 1 aromatic carbocycles. The Hall–Kier alpha value is -0.600. The lowest BCUT2D eigenvalue weighted by atomic mass is 10.2. The monoisotopic (exact) mass is 230 g/mol. The van der Waals surface area contributed by atoms with Crippen molar-refractivity contribution in [1.29, 1.82) is 0 Å². The molecule has 1 heterocycles. The van der Waals surface area contributed by atoms with Crippen LogP contribution in [0.5, 0.6) is 0 Å². The van der Waals surface area contributed by atoms with Crippen molar-refractivity contribution in [3.63, 3.8) is 0 Å². The first-order chi connectivity index (χ1) is 6.68. The van der Waals surface area contributed by atoms with Crippen molar-refractivity contribution in [3.05, 3.63) is 22.2 Å². The summed E-state index contributed by atoms with van der Waals surface area (Å²) in [6, 6.07) is 3.57. The summed E-state index contributed by atoms with van der Waals surface area (Å²) in [6.45, 7) is 2.11. The fraction of sp³-hybridized carbons (Fsp3) is 0.400. The molecule has 4 heteroatoms. The van der Waals surface area contributed by atoms with E-state index in [2.05, 4.69) is 4.90 Å². The van der Waals surface area contributed by atoms with Gasteiger partial charge in [-0.2, -0.15) is 0 Å². The standard InChI is InChI=1S/C10H12Cl2N2/c11-7-6-10(8(12)5-9(7)13)14-3-1-2-4-14/h5-6H,1-4,13H2. The van der Waals surface area contributed by atoms with E-state index in [1.807, 2.05) is 6.07 Å². The van der Waals surface area contributed by atoms with Crippen LogP contribution in [-0.2, 0) is 0 Å². The van der Waals surface area contributed by atoms with Crippen LogP contribution in [0.25, 0.3) is 0 Å². The Morgan fingerprint density at radius 3 is 2.36 bits per heavy atom. The molecule has 1 aliphatic heterocycles. The molecule has 0 spiro atoms.